The molecule has 3 N–H and O–H groups in total. The molecule has 0 saturated carbocycles. The maximum Gasteiger partial charge on any atom is 0.184 e. The van der Waals surface area contributed by atoms with Gasteiger partial charge in [0, 0.05) is 0 Å². The molecule has 0 bridgehead atoms. The van der Waals surface area contributed by atoms with Crippen molar-refractivity contribution in [2.24, 2.45) is 10.8 Å². The summed E-state index contributed by atoms with van der Waals surface area (Å²) in [5.41, 5.74) is 9.12. The van der Waals surface area contributed by atoms with Gasteiger partial charge in [0.25, 0.3) is 0 Å². The van der Waals surface area contributed by atoms with Gasteiger partial charge < -0.3 is 5.73 Å². The van der Waals surface area contributed by atoms with Crippen LogP contribution < -0.4 is 11.2 Å². The second-order valence-electron chi connectivity index (χ2n) is 1.51. The molecule has 0 unspecified atom stereocenters. The first-order chi connectivity index (χ1) is 5.29. The topological polar surface area (TPSA) is 76.2 Å². The number of hydrazone groups is 1. The summed E-state index contributed by atoms with van der Waals surface area (Å²) in [5.74, 6) is 0. The van der Waals surface area contributed by atoms with Crippen LogP contribution in [0, 0.1) is 0 Å². The van der Waals surface area contributed by atoms with Crippen LogP contribution in [0.3, 0.4) is 0 Å². The van der Waals surface area contributed by atoms with Crippen LogP contribution in [-0.2, 0) is 0 Å². The van der Waals surface area contributed by atoms with E-state index in [1.54, 1.807) is 5.51 Å². The Kier molecular flexibility index (Phi) is 2.87. The number of hydrogen-bond donors (Lipinski definition) is 2. The first kappa shape index (κ1) is 8.02. The Morgan fingerprint density at radius 1 is 1.91 bits per heavy atom. The van der Waals surface area contributed by atoms with Gasteiger partial charge in [-0.2, -0.15) is 5.10 Å². The zero-order chi connectivity index (χ0) is 8.10. The van der Waals surface area contributed by atoms with E-state index >= 15 is 0 Å². The molecule has 0 aliphatic heterocycles. The lowest BCUT2D eigenvalue weighted by atomic mass is 10.8. The molecule has 1 aromatic heterocycles. The Balaban J connectivity index is 2.43. The van der Waals surface area contributed by atoms with E-state index in [1.165, 1.54) is 17.6 Å². The van der Waals surface area contributed by atoms with Crippen molar-refractivity contribution in [2.45, 2.75) is 0 Å². The highest BCUT2D eigenvalue weighted by atomic mass is 32.1. The predicted octanol–water partition coefficient (Wildman–Crippen LogP) is -0.295. The average molecular weight is 187 g/mol. The van der Waals surface area contributed by atoms with Crippen molar-refractivity contribution in [1.29, 1.82) is 0 Å². The third-order valence-electron chi connectivity index (χ3n) is 0.727. The Labute approximate surface area is 72.3 Å². The highest BCUT2D eigenvalue weighted by molar-refractivity contribution is 7.80. The molecule has 5 nitrogen and oxygen atoms in total. The van der Waals surface area contributed by atoms with Gasteiger partial charge in [-0.25, -0.2) is 0 Å². The molecule has 0 radical (unpaired) electrons. The van der Waals surface area contributed by atoms with E-state index < -0.39 is 0 Å². The van der Waals surface area contributed by atoms with E-state index in [2.05, 4.69) is 32.9 Å². The van der Waals surface area contributed by atoms with Crippen LogP contribution in [-0.4, -0.2) is 21.5 Å². The lowest BCUT2D eigenvalue weighted by Gasteiger charge is -1.90. The van der Waals surface area contributed by atoms with E-state index in [1.807, 2.05) is 0 Å². The average Bonchev–Trinajstić information content (AvgIpc) is 2.39. The molecule has 0 aliphatic carbocycles. The van der Waals surface area contributed by atoms with Crippen LogP contribution >= 0.6 is 23.6 Å². The molecule has 1 aromatic rings. The number of aromatic nitrogens is 2. The van der Waals surface area contributed by atoms with Gasteiger partial charge in [-0.05, 0) is 12.2 Å². The van der Waals surface area contributed by atoms with Crippen LogP contribution in [0.1, 0.15) is 5.01 Å². The van der Waals surface area contributed by atoms with Crippen molar-refractivity contribution in [1.82, 2.24) is 15.6 Å². The SMILES string of the molecule is NC(=S)N/N=C/c1nncs1. The standard InChI is InChI=1S/C4H5N5S2/c5-4(10)9-6-1-3-8-7-2-11-3/h1-2H,(H3,5,9,10)/b6-1+. The van der Waals surface area contributed by atoms with Crippen molar-refractivity contribution in [3.8, 4) is 0 Å². The molecule has 0 aromatic carbocycles. The molecule has 58 valence electrons. The monoisotopic (exact) mass is 187 g/mol. The maximum absolute atomic E-state index is 5.11. The van der Waals surface area contributed by atoms with Crippen molar-refractivity contribution in [3.63, 3.8) is 0 Å². The van der Waals surface area contributed by atoms with E-state index in [0.717, 1.165) is 0 Å². The summed E-state index contributed by atoms with van der Waals surface area (Å²) < 4.78 is 0. The van der Waals surface area contributed by atoms with Crippen LogP contribution in [0.15, 0.2) is 10.6 Å². The Bertz CT molecular complexity index is 253. The third-order valence-corrected chi connectivity index (χ3v) is 1.45. The summed E-state index contributed by atoms with van der Waals surface area (Å²) in [5, 5.41) is 11.8. The second-order valence-corrected chi connectivity index (χ2v) is 2.82. The Morgan fingerprint density at radius 2 is 2.73 bits per heavy atom. The summed E-state index contributed by atoms with van der Waals surface area (Å²) in [6.45, 7) is 0. The van der Waals surface area contributed by atoms with E-state index in [0.29, 0.717) is 5.01 Å². The summed E-state index contributed by atoms with van der Waals surface area (Å²) in [7, 11) is 0. The van der Waals surface area contributed by atoms with E-state index in [-0.39, 0.29) is 5.11 Å². The van der Waals surface area contributed by atoms with Gasteiger partial charge in [0.15, 0.2) is 10.1 Å². The molecular weight excluding hydrogens is 182 g/mol. The minimum absolute atomic E-state index is 0.130. The summed E-state index contributed by atoms with van der Waals surface area (Å²) in [6, 6.07) is 0. The molecule has 7 heteroatoms. The molecule has 0 amide bonds. The van der Waals surface area contributed by atoms with E-state index in [4.69, 9.17) is 5.73 Å². The van der Waals surface area contributed by atoms with Gasteiger partial charge in [-0.1, -0.05) is 11.3 Å². The molecule has 0 fully saturated rings. The Hall–Kier alpha value is -1.08. The van der Waals surface area contributed by atoms with Crippen molar-refractivity contribution >= 4 is 34.9 Å². The number of nitrogens with two attached hydrogens (primary N) is 1. The smallest absolute Gasteiger partial charge is 0.184 e. The molecule has 0 saturated heterocycles. The van der Waals surface area contributed by atoms with Gasteiger partial charge in [0.05, 0.1) is 6.21 Å². The van der Waals surface area contributed by atoms with Gasteiger partial charge in [-0.3, -0.25) is 5.43 Å². The number of nitrogens with zero attached hydrogens (tertiary/aromatic N) is 3. The fourth-order valence-corrected chi connectivity index (χ4v) is 0.852. The van der Waals surface area contributed by atoms with E-state index in [9.17, 15) is 0 Å². The first-order valence-electron chi connectivity index (χ1n) is 2.63. The lowest BCUT2D eigenvalue weighted by molar-refractivity contribution is 1.03. The molecule has 0 aliphatic rings. The summed E-state index contributed by atoms with van der Waals surface area (Å²) >= 11 is 5.89. The lowest BCUT2D eigenvalue weighted by Crippen LogP contribution is -2.23. The maximum atomic E-state index is 5.11. The molecule has 1 heterocycles. The molecule has 0 spiro atoms. The zero-order valence-electron chi connectivity index (χ0n) is 5.39. The minimum atomic E-state index is 0.130. The normalized spacial score (nSPS) is 10.2. The van der Waals surface area contributed by atoms with Gasteiger partial charge >= 0.3 is 0 Å². The van der Waals surface area contributed by atoms with Crippen LogP contribution in [0.4, 0.5) is 0 Å². The fraction of sp³-hybridized carbons (Fsp3) is 0. The first-order valence-corrected chi connectivity index (χ1v) is 3.92. The summed E-state index contributed by atoms with van der Waals surface area (Å²) in [6.07, 6.45) is 1.50. The van der Waals surface area contributed by atoms with Gasteiger partial charge in [0.1, 0.15) is 5.51 Å². The quantitative estimate of drug-likeness (QED) is 0.378. The van der Waals surface area contributed by atoms with Crippen molar-refractivity contribution in [2.75, 3.05) is 0 Å². The largest absolute Gasteiger partial charge is 0.375 e. The number of rotatable bonds is 2. The minimum Gasteiger partial charge on any atom is -0.375 e. The highest BCUT2D eigenvalue weighted by Crippen LogP contribution is 1.95. The van der Waals surface area contributed by atoms with Gasteiger partial charge in [-0.15, -0.1) is 10.2 Å². The molecule has 11 heavy (non-hydrogen) atoms. The molecule has 0 atom stereocenters. The predicted molar refractivity (Wildman–Crippen MR) is 47.4 cm³/mol. The second kappa shape index (κ2) is 3.94. The zero-order valence-corrected chi connectivity index (χ0v) is 7.02. The Morgan fingerprint density at radius 3 is 3.27 bits per heavy atom. The van der Waals surface area contributed by atoms with Crippen molar-refractivity contribution < 1.29 is 0 Å². The van der Waals surface area contributed by atoms with Crippen LogP contribution in [0.25, 0.3) is 0 Å². The van der Waals surface area contributed by atoms with Crippen molar-refractivity contribution in [3.05, 3.63) is 10.5 Å². The van der Waals surface area contributed by atoms with Crippen LogP contribution in [0.5, 0.6) is 0 Å². The number of thiocarbonyl (C=S) groups is 1. The fourth-order valence-electron chi connectivity index (χ4n) is 0.389. The van der Waals surface area contributed by atoms with Crippen LogP contribution in [0.2, 0.25) is 0 Å². The summed E-state index contributed by atoms with van der Waals surface area (Å²) in [4.78, 5) is 0. The molecular formula is C4H5N5S2. The third kappa shape index (κ3) is 3.01. The molecule has 1 rings (SSSR count). The number of hydrogen-bond acceptors (Lipinski definition) is 5. The number of nitrogens with one attached hydrogen (secondary N) is 1. The van der Waals surface area contributed by atoms with Gasteiger partial charge in [0.2, 0.25) is 0 Å². The highest BCUT2D eigenvalue weighted by Gasteiger charge is 1.88.